The summed E-state index contributed by atoms with van der Waals surface area (Å²) in [4.78, 5) is 21.8. The SMILES string of the molecule is CN([C@@H]1C[C@H]2CCC[C@@]2(C(=O)N2CCc3ncc(C(F)(F)F)cc3C2)C1)[C@@H]1CCOC[C@H]1F. The summed E-state index contributed by atoms with van der Waals surface area (Å²) in [6.07, 6.45) is 0.860. The molecule has 5 atom stereocenters. The van der Waals surface area contributed by atoms with Crippen LogP contribution in [-0.4, -0.2) is 65.8 Å². The standard InChI is InChI=1S/C24H31F4N3O2/c1-30(21-5-8-33-14-19(21)25)18-10-16-3-2-6-23(16,11-18)22(32)31-7-4-20-15(13-31)9-17(12-29-20)24(26,27)28/h9,12,16,18-19,21H,2-8,10-11,13-14H2,1H3/t16-,18-,19-,21-,23-/m1/s1. The highest BCUT2D eigenvalue weighted by Crippen LogP contribution is 2.56. The third-order valence-electron chi connectivity index (χ3n) is 8.55. The number of amides is 1. The van der Waals surface area contributed by atoms with Crippen LogP contribution in [0, 0.1) is 11.3 Å². The summed E-state index contributed by atoms with van der Waals surface area (Å²) >= 11 is 0. The van der Waals surface area contributed by atoms with Crippen molar-refractivity contribution in [3.63, 3.8) is 0 Å². The predicted octanol–water partition coefficient (Wildman–Crippen LogP) is 3.99. The fourth-order valence-corrected chi connectivity index (χ4v) is 6.76. The third-order valence-corrected chi connectivity index (χ3v) is 8.55. The first-order valence-electron chi connectivity index (χ1n) is 12.0. The number of hydrogen-bond acceptors (Lipinski definition) is 4. The highest BCUT2D eigenvalue weighted by Gasteiger charge is 2.57. The molecule has 2 saturated carbocycles. The van der Waals surface area contributed by atoms with E-state index in [0.29, 0.717) is 43.7 Å². The highest BCUT2D eigenvalue weighted by atomic mass is 19.4. The molecule has 0 N–H and O–H groups in total. The van der Waals surface area contributed by atoms with E-state index in [-0.39, 0.29) is 37.1 Å². The zero-order valence-corrected chi connectivity index (χ0v) is 18.9. The summed E-state index contributed by atoms with van der Waals surface area (Å²) < 4.78 is 59.3. The molecule has 0 aromatic carbocycles. The fourth-order valence-electron chi connectivity index (χ4n) is 6.76. The summed E-state index contributed by atoms with van der Waals surface area (Å²) in [5.74, 6) is 0.309. The number of pyridine rings is 1. The molecule has 182 valence electrons. The predicted molar refractivity (Wildman–Crippen MR) is 113 cm³/mol. The van der Waals surface area contributed by atoms with E-state index < -0.39 is 23.3 Å². The van der Waals surface area contributed by atoms with Crippen LogP contribution in [0.15, 0.2) is 12.3 Å². The van der Waals surface area contributed by atoms with Crippen LogP contribution in [0.3, 0.4) is 0 Å². The van der Waals surface area contributed by atoms with Gasteiger partial charge < -0.3 is 9.64 Å². The van der Waals surface area contributed by atoms with Crippen LogP contribution in [0.25, 0.3) is 0 Å². The maximum Gasteiger partial charge on any atom is 0.417 e. The lowest BCUT2D eigenvalue weighted by molar-refractivity contribution is -0.144. The number of rotatable bonds is 3. The molecule has 4 aliphatic rings. The van der Waals surface area contributed by atoms with E-state index in [9.17, 15) is 22.4 Å². The van der Waals surface area contributed by atoms with Gasteiger partial charge in [0, 0.05) is 50.1 Å². The Morgan fingerprint density at radius 3 is 2.91 bits per heavy atom. The van der Waals surface area contributed by atoms with Crippen LogP contribution in [0.5, 0.6) is 0 Å². The van der Waals surface area contributed by atoms with Gasteiger partial charge in [0.25, 0.3) is 0 Å². The Labute approximate surface area is 191 Å². The summed E-state index contributed by atoms with van der Waals surface area (Å²) in [6, 6.07) is 1.09. The lowest BCUT2D eigenvalue weighted by Gasteiger charge is -2.39. The highest BCUT2D eigenvalue weighted by molar-refractivity contribution is 5.84. The van der Waals surface area contributed by atoms with Crippen molar-refractivity contribution < 1.29 is 27.1 Å². The molecule has 3 fully saturated rings. The van der Waals surface area contributed by atoms with Crippen molar-refractivity contribution in [1.29, 1.82) is 0 Å². The summed E-state index contributed by atoms with van der Waals surface area (Å²) in [7, 11) is 1.97. The van der Waals surface area contributed by atoms with Crippen molar-refractivity contribution in [2.24, 2.45) is 11.3 Å². The second-order valence-corrected chi connectivity index (χ2v) is 10.3. The Morgan fingerprint density at radius 1 is 1.33 bits per heavy atom. The van der Waals surface area contributed by atoms with Crippen molar-refractivity contribution in [2.45, 2.75) is 75.9 Å². The van der Waals surface area contributed by atoms with E-state index in [1.54, 1.807) is 4.90 Å². The van der Waals surface area contributed by atoms with Crippen molar-refractivity contribution >= 4 is 5.91 Å². The first kappa shape index (κ1) is 23.0. The molecule has 9 heteroatoms. The van der Waals surface area contributed by atoms with Gasteiger partial charge >= 0.3 is 6.18 Å². The number of aromatic nitrogens is 1. The topological polar surface area (TPSA) is 45.7 Å². The van der Waals surface area contributed by atoms with Gasteiger partial charge in [-0.15, -0.1) is 0 Å². The van der Waals surface area contributed by atoms with Gasteiger partial charge in [0.05, 0.1) is 17.6 Å². The molecule has 1 saturated heterocycles. The molecular weight excluding hydrogens is 438 g/mol. The molecule has 2 aliphatic heterocycles. The molecule has 0 bridgehead atoms. The Bertz CT molecular complexity index is 910. The number of nitrogens with zero attached hydrogens (tertiary/aromatic N) is 3. The lowest BCUT2D eigenvalue weighted by Crippen LogP contribution is -2.50. The number of alkyl halides is 4. The third kappa shape index (κ3) is 4.05. The van der Waals surface area contributed by atoms with Crippen molar-refractivity contribution in [3.05, 3.63) is 29.1 Å². The number of ether oxygens (including phenoxy) is 1. The summed E-state index contributed by atoms with van der Waals surface area (Å²) in [6.45, 7) is 1.32. The fraction of sp³-hybridized carbons (Fsp3) is 0.750. The second-order valence-electron chi connectivity index (χ2n) is 10.3. The monoisotopic (exact) mass is 469 g/mol. The number of fused-ring (bicyclic) bond motifs is 2. The molecule has 5 rings (SSSR count). The van der Waals surface area contributed by atoms with Crippen LogP contribution in [0.1, 0.15) is 55.3 Å². The van der Waals surface area contributed by atoms with Crippen LogP contribution >= 0.6 is 0 Å². The number of halogens is 4. The van der Waals surface area contributed by atoms with Crippen molar-refractivity contribution in [1.82, 2.24) is 14.8 Å². The van der Waals surface area contributed by atoms with Gasteiger partial charge in [-0.25, -0.2) is 4.39 Å². The molecule has 0 radical (unpaired) electrons. The molecular formula is C24H31F4N3O2. The lowest BCUT2D eigenvalue weighted by atomic mass is 9.78. The second kappa shape index (κ2) is 8.48. The van der Waals surface area contributed by atoms with Crippen LogP contribution < -0.4 is 0 Å². The molecule has 1 aromatic rings. The Morgan fingerprint density at radius 2 is 2.15 bits per heavy atom. The molecule has 1 amide bonds. The van der Waals surface area contributed by atoms with Gasteiger partial charge in [-0.05, 0) is 56.7 Å². The van der Waals surface area contributed by atoms with Gasteiger partial charge in [-0.1, -0.05) is 6.42 Å². The Kier molecular flexibility index (Phi) is 5.92. The molecule has 1 aromatic heterocycles. The number of carbonyl (C=O) groups is 1. The summed E-state index contributed by atoms with van der Waals surface area (Å²) in [5, 5.41) is 0. The van der Waals surface area contributed by atoms with Gasteiger partial charge in [-0.2, -0.15) is 13.2 Å². The quantitative estimate of drug-likeness (QED) is 0.628. The Hall–Kier alpha value is -1.74. The maximum absolute atomic E-state index is 14.5. The van der Waals surface area contributed by atoms with E-state index in [0.717, 1.165) is 37.9 Å². The first-order chi connectivity index (χ1) is 15.7. The van der Waals surface area contributed by atoms with Crippen LogP contribution in [0.4, 0.5) is 17.6 Å². The van der Waals surface area contributed by atoms with E-state index >= 15 is 0 Å². The van der Waals surface area contributed by atoms with Gasteiger partial charge in [0.2, 0.25) is 5.91 Å². The van der Waals surface area contributed by atoms with Gasteiger partial charge in [0.15, 0.2) is 0 Å². The molecule has 3 heterocycles. The molecule has 5 nitrogen and oxygen atoms in total. The zero-order chi connectivity index (χ0) is 23.4. The smallest absolute Gasteiger partial charge is 0.378 e. The van der Waals surface area contributed by atoms with E-state index in [4.69, 9.17) is 4.74 Å². The number of carbonyl (C=O) groups excluding carboxylic acids is 1. The van der Waals surface area contributed by atoms with Crippen molar-refractivity contribution in [2.75, 3.05) is 26.8 Å². The Balaban J connectivity index is 1.34. The molecule has 33 heavy (non-hydrogen) atoms. The first-order valence-corrected chi connectivity index (χ1v) is 12.0. The largest absolute Gasteiger partial charge is 0.417 e. The zero-order valence-electron chi connectivity index (χ0n) is 18.9. The average Bonchev–Trinajstić information content (AvgIpc) is 3.36. The number of hydrogen-bond donors (Lipinski definition) is 0. The average molecular weight is 470 g/mol. The van der Waals surface area contributed by atoms with Gasteiger partial charge in [0.1, 0.15) is 6.17 Å². The maximum atomic E-state index is 14.5. The van der Waals surface area contributed by atoms with Crippen molar-refractivity contribution in [3.8, 4) is 0 Å². The van der Waals surface area contributed by atoms with E-state index in [2.05, 4.69) is 9.88 Å². The normalized spacial score (nSPS) is 34.4. The van der Waals surface area contributed by atoms with Crippen LogP contribution in [-0.2, 0) is 28.7 Å². The molecule has 0 unspecified atom stereocenters. The summed E-state index contributed by atoms with van der Waals surface area (Å²) in [5.41, 5.74) is -0.121. The van der Waals surface area contributed by atoms with Crippen LogP contribution in [0.2, 0.25) is 0 Å². The minimum absolute atomic E-state index is 0.0627. The van der Waals surface area contributed by atoms with E-state index in [1.165, 1.54) is 0 Å². The molecule has 0 spiro atoms. The van der Waals surface area contributed by atoms with Gasteiger partial charge in [-0.3, -0.25) is 14.7 Å². The molecule has 2 aliphatic carbocycles. The minimum Gasteiger partial charge on any atom is -0.378 e. The minimum atomic E-state index is -4.45. The van der Waals surface area contributed by atoms with E-state index in [1.807, 2.05) is 7.05 Å².